The van der Waals surface area contributed by atoms with Crippen LogP contribution >= 0.6 is 0 Å². The van der Waals surface area contributed by atoms with E-state index in [9.17, 15) is 0 Å². The van der Waals surface area contributed by atoms with E-state index in [0.717, 1.165) is 38.6 Å². The topological polar surface area (TPSA) is 30.7 Å². The number of hydrogen-bond acceptors (Lipinski definition) is 2. The highest BCUT2D eigenvalue weighted by Gasteiger charge is 2.15. The van der Waals surface area contributed by atoms with Gasteiger partial charge in [-0.3, -0.25) is 4.98 Å². The Bertz CT molecular complexity index is 3570. The molecule has 0 N–H and O–H groups in total. The fourth-order valence-electron chi connectivity index (χ4n) is 9.19. The minimum atomic E-state index is 0.870. The van der Waals surface area contributed by atoms with Crippen molar-refractivity contribution in [3.8, 4) is 61.5 Å². The molecule has 2 heterocycles. The van der Waals surface area contributed by atoms with Crippen LogP contribution in [-0.2, 0) is 0 Å². The first-order valence-corrected chi connectivity index (χ1v) is 20.8. The maximum Gasteiger partial charge on any atom is 0.0979 e. The number of hydrogen-bond donors (Lipinski definition) is 0. The zero-order chi connectivity index (χ0) is 40.3. The summed E-state index contributed by atoms with van der Waals surface area (Å²) in [5.41, 5.74) is 16.9. The van der Waals surface area contributed by atoms with E-state index in [0.29, 0.717) is 0 Å². The molecule has 0 bridgehead atoms. The van der Waals surface area contributed by atoms with Crippen LogP contribution in [0.3, 0.4) is 0 Å². The van der Waals surface area contributed by atoms with Crippen molar-refractivity contribution in [3.63, 3.8) is 0 Å². The van der Waals surface area contributed by atoms with Crippen LogP contribution in [0, 0.1) is 0 Å². The van der Waals surface area contributed by atoms with Crippen LogP contribution in [0.1, 0.15) is 0 Å². The zero-order valence-corrected chi connectivity index (χ0v) is 33.2. The Kier molecular flexibility index (Phi) is 8.17. The van der Waals surface area contributed by atoms with Crippen LogP contribution in [0.4, 0.5) is 0 Å². The van der Waals surface area contributed by atoms with Gasteiger partial charge in [-0.2, -0.15) is 0 Å². The van der Waals surface area contributed by atoms with Crippen molar-refractivity contribution in [2.75, 3.05) is 0 Å². The predicted octanol–water partition coefficient (Wildman–Crippen LogP) is 15.4. The monoisotopic (exact) mass is 775 g/mol. The Morgan fingerprint density at radius 2 is 0.721 bits per heavy atom. The fraction of sp³-hybridized carbons (Fsp3) is 0. The smallest absolute Gasteiger partial charge is 0.0979 e. The Balaban J connectivity index is 0.794. The average molecular weight is 776 g/mol. The molecule has 2 aromatic heterocycles. The van der Waals surface area contributed by atoms with Gasteiger partial charge in [-0.15, -0.1) is 0 Å². The van der Waals surface area contributed by atoms with Gasteiger partial charge in [0.25, 0.3) is 0 Å². The number of rotatable bonds is 6. The van der Waals surface area contributed by atoms with Crippen LogP contribution in [0.25, 0.3) is 116 Å². The highest BCUT2D eigenvalue weighted by Crippen LogP contribution is 2.37. The van der Waals surface area contributed by atoms with E-state index in [-0.39, 0.29) is 0 Å². The summed E-state index contributed by atoms with van der Waals surface area (Å²) in [6, 6.07) is 78.5. The number of fused-ring (bicyclic) bond motifs is 9. The molecule has 61 heavy (non-hydrogen) atoms. The van der Waals surface area contributed by atoms with Gasteiger partial charge in [0.15, 0.2) is 0 Å². The van der Waals surface area contributed by atoms with Gasteiger partial charge in [0, 0.05) is 32.8 Å². The fourth-order valence-corrected chi connectivity index (χ4v) is 9.19. The predicted molar refractivity (Wildman–Crippen MR) is 256 cm³/mol. The molecule has 3 nitrogen and oxygen atoms in total. The summed E-state index contributed by atoms with van der Waals surface area (Å²) in [5.74, 6) is 0. The summed E-state index contributed by atoms with van der Waals surface area (Å²) < 4.78 is 2.38. The van der Waals surface area contributed by atoms with E-state index in [4.69, 9.17) is 9.97 Å². The van der Waals surface area contributed by atoms with Crippen molar-refractivity contribution >= 4 is 54.4 Å². The molecule has 0 aliphatic rings. The maximum absolute atomic E-state index is 5.18. The van der Waals surface area contributed by atoms with Crippen molar-refractivity contribution in [1.29, 1.82) is 0 Å². The van der Waals surface area contributed by atoms with Crippen LogP contribution in [-0.4, -0.2) is 14.5 Å². The first-order valence-electron chi connectivity index (χ1n) is 20.8. The van der Waals surface area contributed by atoms with Crippen molar-refractivity contribution < 1.29 is 0 Å². The molecule has 0 saturated heterocycles. The summed E-state index contributed by atoms with van der Waals surface area (Å²) >= 11 is 0. The molecule has 0 spiro atoms. The first kappa shape index (κ1) is 34.9. The third-order valence-corrected chi connectivity index (χ3v) is 12.3. The van der Waals surface area contributed by atoms with E-state index < -0.39 is 0 Å². The molecule has 0 atom stereocenters. The molecule has 12 aromatic rings. The maximum atomic E-state index is 5.18. The lowest BCUT2D eigenvalue weighted by atomic mass is 9.96. The van der Waals surface area contributed by atoms with Crippen molar-refractivity contribution in [2.45, 2.75) is 0 Å². The molecule has 12 rings (SSSR count). The van der Waals surface area contributed by atoms with Crippen molar-refractivity contribution in [3.05, 3.63) is 225 Å². The van der Waals surface area contributed by atoms with E-state index in [1.54, 1.807) is 0 Å². The molecule has 10 aromatic carbocycles. The quantitative estimate of drug-likeness (QED) is 0.158. The van der Waals surface area contributed by atoms with Gasteiger partial charge in [-0.25, -0.2) is 4.98 Å². The normalized spacial score (nSPS) is 11.6. The molecule has 0 amide bonds. The molecular weight excluding hydrogens is 739 g/mol. The lowest BCUT2D eigenvalue weighted by Gasteiger charge is -2.11. The number of para-hydroxylation sites is 2. The summed E-state index contributed by atoms with van der Waals surface area (Å²) in [6.07, 6.45) is 1.91. The Hall–Kier alpha value is -8.14. The summed E-state index contributed by atoms with van der Waals surface area (Å²) in [4.78, 5) is 10.1. The molecule has 3 heteroatoms. The van der Waals surface area contributed by atoms with Crippen molar-refractivity contribution in [2.24, 2.45) is 0 Å². The Labute approximate surface area is 353 Å². The number of nitrogens with zero attached hydrogens (tertiary/aromatic N) is 3. The van der Waals surface area contributed by atoms with Gasteiger partial charge in [0.05, 0.1) is 34.0 Å². The molecule has 0 aliphatic heterocycles. The standard InChI is InChI=1S/C58H37N3/c1-2-13-47(14-3-1)61-55-20-9-8-17-50(55)51-34-33-46(36-56(51)61)45-12-10-11-44(35-45)42-27-25-40(26-28-42)38-21-23-39(24-22-38)41-29-31-43(32-30-41)54-37-59-57-52-18-6-4-15-48(52)49-16-5-7-19-53(49)58(57)60-54/h1-37H. The number of benzene rings is 10. The SMILES string of the molecule is c1ccc(-n2c3ccccc3c3ccc(-c4cccc(-c5ccc(-c6ccc(-c7ccc(-c8cnc9c%10ccccc%10c%10ccccc%10c9n8)cc7)cc6)cc5)c4)cc32)cc1. The number of aromatic nitrogens is 3. The van der Waals surface area contributed by atoms with Crippen molar-refractivity contribution in [1.82, 2.24) is 14.5 Å². The van der Waals surface area contributed by atoms with Crippen LogP contribution in [0.5, 0.6) is 0 Å². The molecule has 0 saturated carbocycles. The molecule has 0 fully saturated rings. The minimum absolute atomic E-state index is 0.870. The highest BCUT2D eigenvalue weighted by atomic mass is 15.0. The second-order valence-electron chi connectivity index (χ2n) is 15.8. The largest absolute Gasteiger partial charge is 0.309 e. The summed E-state index contributed by atoms with van der Waals surface area (Å²) in [5, 5.41) is 7.19. The minimum Gasteiger partial charge on any atom is -0.309 e. The van der Waals surface area contributed by atoms with Gasteiger partial charge in [-0.05, 0) is 85.6 Å². The van der Waals surface area contributed by atoms with Gasteiger partial charge in [0.2, 0.25) is 0 Å². The second kappa shape index (κ2) is 14.3. The van der Waals surface area contributed by atoms with Crippen LogP contribution < -0.4 is 0 Å². The molecule has 0 aliphatic carbocycles. The molecule has 0 radical (unpaired) electrons. The van der Waals surface area contributed by atoms with Crippen LogP contribution in [0.15, 0.2) is 225 Å². The molecule has 0 unspecified atom stereocenters. The van der Waals surface area contributed by atoms with Gasteiger partial charge in [-0.1, -0.05) is 188 Å². The Morgan fingerprint density at radius 3 is 1.34 bits per heavy atom. The third kappa shape index (κ3) is 5.98. The summed E-state index contributed by atoms with van der Waals surface area (Å²) in [7, 11) is 0. The van der Waals surface area contributed by atoms with E-state index >= 15 is 0 Å². The third-order valence-electron chi connectivity index (χ3n) is 12.3. The zero-order valence-electron chi connectivity index (χ0n) is 33.2. The Morgan fingerprint density at radius 1 is 0.279 bits per heavy atom. The lowest BCUT2D eigenvalue weighted by Crippen LogP contribution is -1.93. The highest BCUT2D eigenvalue weighted by molar-refractivity contribution is 6.23. The van der Waals surface area contributed by atoms with E-state index in [1.165, 1.54) is 77.2 Å². The first-order chi connectivity index (χ1) is 30.2. The van der Waals surface area contributed by atoms with Crippen LogP contribution in [0.2, 0.25) is 0 Å². The average Bonchev–Trinajstić information content (AvgIpc) is 3.68. The molecule has 284 valence electrons. The van der Waals surface area contributed by atoms with Gasteiger partial charge < -0.3 is 4.57 Å². The van der Waals surface area contributed by atoms with E-state index in [1.807, 2.05) is 6.20 Å². The van der Waals surface area contributed by atoms with Gasteiger partial charge in [0.1, 0.15) is 0 Å². The summed E-state index contributed by atoms with van der Waals surface area (Å²) in [6.45, 7) is 0. The second-order valence-corrected chi connectivity index (χ2v) is 15.8. The molecular formula is C58H37N3. The lowest BCUT2D eigenvalue weighted by molar-refractivity contribution is 1.18. The van der Waals surface area contributed by atoms with Gasteiger partial charge >= 0.3 is 0 Å². The van der Waals surface area contributed by atoms with E-state index in [2.05, 4.69) is 223 Å².